The summed E-state index contributed by atoms with van der Waals surface area (Å²) in [5, 5.41) is 3.90. The highest BCUT2D eigenvalue weighted by molar-refractivity contribution is 6.42. The number of halogens is 5. The molecule has 0 aliphatic heterocycles. The summed E-state index contributed by atoms with van der Waals surface area (Å²) < 4.78 is 46.9. The van der Waals surface area contributed by atoms with Gasteiger partial charge in [0.1, 0.15) is 24.4 Å². The Balaban J connectivity index is 1.86. The number of hydrogen-bond acceptors (Lipinski definition) is 5. The van der Waals surface area contributed by atoms with Gasteiger partial charge in [-0.15, -0.1) is 4.65 Å². The van der Waals surface area contributed by atoms with Crippen LogP contribution in [0.5, 0.6) is 11.6 Å². The van der Waals surface area contributed by atoms with Gasteiger partial charge in [-0.1, -0.05) is 23.2 Å². The van der Waals surface area contributed by atoms with Gasteiger partial charge in [0.2, 0.25) is 5.88 Å². The van der Waals surface area contributed by atoms with E-state index in [1.807, 2.05) is 0 Å². The molecule has 186 valence electrons. The molecule has 0 radical (unpaired) electrons. The van der Waals surface area contributed by atoms with Crippen LogP contribution in [-0.4, -0.2) is 24.0 Å². The Hall–Kier alpha value is -3.01. The van der Waals surface area contributed by atoms with Gasteiger partial charge in [-0.3, -0.25) is 4.84 Å². The molecule has 1 N–H and O–H groups in total. The van der Waals surface area contributed by atoms with Crippen molar-refractivity contribution in [2.45, 2.75) is 26.9 Å². The largest absolute Gasteiger partial charge is 0.439 e. The monoisotopic (exact) mass is 528 g/mol. The Morgan fingerprint density at radius 1 is 1.00 bits per heavy atom. The number of ether oxygens (including phenoxy) is 1. The van der Waals surface area contributed by atoms with Gasteiger partial charge in [-0.2, -0.15) is 13.2 Å². The van der Waals surface area contributed by atoms with Crippen molar-refractivity contribution in [3.8, 4) is 11.6 Å². The van der Waals surface area contributed by atoms with E-state index in [1.54, 1.807) is 38.1 Å². The van der Waals surface area contributed by atoms with Gasteiger partial charge in [-0.25, -0.2) is 9.78 Å². The van der Waals surface area contributed by atoms with E-state index in [1.165, 1.54) is 24.4 Å². The van der Waals surface area contributed by atoms with Crippen LogP contribution in [0, 0.1) is 0 Å². The molecule has 11 heteroatoms. The smallest absolute Gasteiger partial charge is 0.422 e. The molecule has 3 rings (SSSR count). The Morgan fingerprint density at radius 3 is 2.23 bits per heavy atom. The van der Waals surface area contributed by atoms with Crippen LogP contribution in [0.1, 0.15) is 26.3 Å². The predicted octanol–water partition coefficient (Wildman–Crippen LogP) is 7.77. The lowest BCUT2D eigenvalue weighted by Gasteiger charge is -2.33. The second-order valence-electron chi connectivity index (χ2n) is 7.52. The third-order valence-electron chi connectivity index (χ3n) is 5.20. The third kappa shape index (κ3) is 6.36. The highest BCUT2D eigenvalue weighted by Crippen LogP contribution is 2.42. The second kappa shape index (κ2) is 10.7. The van der Waals surface area contributed by atoms with E-state index in [0.29, 0.717) is 21.4 Å². The first-order valence-electron chi connectivity index (χ1n) is 10.6. The van der Waals surface area contributed by atoms with E-state index in [9.17, 15) is 18.0 Å². The fourth-order valence-corrected chi connectivity index (χ4v) is 3.82. The standard InChI is InChI=1S/C24H23Cl2F3N3O3/c1-4-32(5-2,35-15(3)33)22-10-8-18(13-19(22)24(27,28)29)34-23-11-7-17(14-30-23)31-16-6-9-20(25)21(26)12-16/h6-14,31H,4-5H2,1-3H3/q+1. The molecule has 6 nitrogen and oxygen atoms in total. The maximum Gasteiger partial charge on any atom is 0.422 e. The lowest BCUT2D eigenvalue weighted by molar-refractivity contribution is -0.184. The van der Waals surface area contributed by atoms with Crippen LogP contribution in [0.15, 0.2) is 54.7 Å². The quantitative estimate of drug-likeness (QED) is 0.239. The number of pyridine rings is 1. The van der Waals surface area contributed by atoms with Gasteiger partial charge < -0.3 is 10.1 Å². The van der Waals surface area contributed by atoms with E-state index in [0.717, 1.165) is 13.0 Å². The van der Waals surface area contributed by atoms with E-state index in [-0.39, 0.29) is 30.4 Å². The summed E-state index contributed by atoms with van der Waals surface area (Å²) in [6.45, 7) is 4.69. The van der Waals surface area contributed by atoms with Crippen molar-refractivity contribution >= 4 is 46.2 Å². The van der Waals surface area contributed by atoms with E-state index in [2.05, 4.69) is 10.3 Å². The molecule has 0 unspecified atom stereocenters. The summed E-state index contributed by atoms with van der Waals surface area (Å²) in [6, 6.07) is 11.7. The van der Waals surface area contributed by atoms with Crippen molar-refractivity contribution in [1.29, 1.82) is 0 Å². The van der Waals surface area contributed by atoms with E-state index < -0.39 is 22.4 Å². The first kappa shape index (κ1) is 26.6. The SMILES string of the molecule is CC[N+](CC)(OC(C)=O)c1ccc(Oc2ccc(Nc3ccc(Cl)c(Cl)c3)cn2)cc1C(F)(F)F. The van der Waals surface area contributed by atoms with Gasteiger partial charge in [0.25, 0.3) is 0 Å². The highest BCUT2D eigenvalue weighted by Gasteiger charge is 2.44. The van der Waals surface area contributed by atoms with Gasteiger partial charge in [0.05, 0.1) is 21.9 Å². The molecule has 0 saturated carbocycles. The number of hydrogen-bond donors (Lipinski definition) is 1. The van der Waals surface area contributed by atoms with Crippen LogP contribution in [0.3, 0.4) is 0 Å². The number of aromatic nitrogens is 1. The average Bonchev–Trinajstić information content (AvgIpc) is 2.80. The topological polar surface area (TPSA) is 60.5 Å². The normalized spacial score (nSPS) is 11.8. The molecular formula is C24H23Cl2F3N3O3+. The Labute approximate surface area is 210 Å². The fraction of sp³-hybridized carbons (Fsp3) is 0.250. The molecule has 1 heterocycles. The summed E-state index contributed by atoms with van der Waals surface area (Å²) in [4.78, 5) is 21.1. The van der Waals surface area contributed by atoms with E-state index >= 15 is 0 Å². The zero-order valence-corrected chi connectivity index (χ0v) is 20.6. The summed E-state index contributed by atoms with van der Waals surface area (Å²) in [5.41, 5.74) is 0.148. The summed E-state index contributed by atoms with van der Waals surface area (Å²) in [6.07, 6.45) is -3.24. The minimum Gasteiger partial charge on any atom is -0.439 e. The Morgan fingerprint density at radius 2 is 1.69 bits per heavy atom. The van der Waals surface area contributed by atoms with Crippen LogP contribution >= 0.6 is 23.2 Å². The molecule has 0 spiro atoms. The minimum absolute atomic E-state index is 0.0631. The Bertz CT molecular complexity index is 1200. The van der Waals surface area contributed by atoms with E-state index in [4.69, 9.17) is 32.8 Å². The number of rotatable bonds is 8. The highest BCUT2D eigenvalue weighted by atomic mass is 35.5. The third-order valence-corrected chi connectivity index (χ3v) is 5.94. The number of hydroxylamine groups is 2. The first-order valence-corrected chi connectivity index (χ1v) is 11.4. The van der Waals surface area contributed by atoms with Crippen LogP contribution < -0.4 is 14.7 Å². The maximum absolute atomic E-state index is 14.0. The molecular weight excluding hydrogens is 506 g/mol. The lowest BCUT2D eigenvalue weighted by atomic mass is 10.1. The summed E-state index contributed by atoms with van der Waals surface area (Å²) in [7, 11) is 0. The van der Waals surface area contributed by atoms with Gasteiger partial charge in [0, 0.05) is 24.7 Å². The summed E-state index contributed by atoms with van der Waals surface area (Å²) in [5.74, 6) is -0.648. The van der Waals surface area contributed by atoms with Crippen LogP contribution in [0.4, 0.5) is 30.2 Å². The molecule has 0 aliphatic rings. The molecule has 0 aliphatic carbocycles. The molecule has 1 aromatic heterocycles. The number of benzene rings is 2. The number of quaternary nitrogens is 1. The van der Waals surface area contributed by atoms with Gasteiger partial charge >= 0.3 is 12.1 Å². The van der Waals surface area contributed by atoms with Crippen molar-refractivity contribution in [2.75, 3.05) is 18.4 Å². The predicted molar refractivity (Wildman–Crippen MR) is 130 cm³/mol. The minimum atomic E-state index is -4.70. The van der Waals surface area contributed by atoms with Crippen LogP contribution in [0.2, 0.25) is 10.0 Å². The molecule has 35 heavy (non-hydrogen) atoms. The van der Waals surface area contributed by atoms with Crippen LogP contribution in [-0.2, 0) is 15.8 Å². The second-order valence-corrected chi connectivity index (χ2v) is 8.34. The van der Waals surface area contributed by atoms with Crippen molar-refractivity contribution in [2.24, 2.45) is 0 Å². The van der Waals surface area contributed by atoms with Crippen molar-refractivity contribution < 1.29 is 27.5 Å². The number of carbonyl (C=O) groups excluding carboxylic acids is 1. The number of nitrogens with zero attached hydrogens (tertiary/aromatic N) is 2. The number of alkyl halides is 3. The average molecular weight is 529 g/mol. The maximum atomic E-state index is 14.0. The van der Waals surface area contributed by atoms with Crippen LogP contribution in [0.25, 0.3) is 0 Å². The fourth-order valence-electron chi connectivity index (χ4n) is 3.53. The zero-order valence-electron chi connectivity index (χ0n) is 19.1. The van der Waals surface area contributed by atoms with Crippen molar-refractivity contribution in [3.05, 3.63) is 70.3 Å². The first-order chi connectivity index (χ1) is 16.5. The van der Waals surface area contributed by atoms with Gasteiger partial charge in [-0.05, 0) is 50.2 Å². The van der Waals surface area contributed by atoms with Crippen molar-refractivity contribution in [1.82, 2.24) is 9.63 Å². The number of anilines is 2. The molecule has 0 amide bonds. The molecule has 0 bridgehead atoms. The molecule has 0 saturated heterocycles. The van der Waals surface area contributed by atoms with Gasteiger partial charge in [0.15, 0.2) is 5.69 Å². The Kier molecular flexibility index (Phi) is 8.15. The molecule has 3 aromatic rings. The van der Waals surface area contributed by atoms with Crippen molar-refractivity contribution in [3.63, 3.8) is 0 Å². The lowest BCUT2D eigenvalue weighted by Crippen LogP contribution is -2.51. The number of nitrogens with one attached hydrogen (secondary N) is 1. The molecule has 2 aromatic carbocycles. The molecule has 0 fully saturated rings. The zero-order chi connectivity index (χ0) is 25.8. The number of carbonyl (C=O) groups is 1. The molecule has 0 atom stereocenters. The summed E-state index contributed by atoms with van der Waals surface area (Å²) >= 11 is 11.9.